The molecule has 1 aliphatic carbocycles. The van der Waals surface area contributed by atoms with Crippen molar-refractivity contribution in [2.75, 3.05) is 6.61 Å². The van der Waals surface area contributed by atoms with Crippen LogP contribution >= 0.6 is 0 Å². The molecule has 3 heteroatoms. The van der Waals surface area contributed by atoms with E-state index < -0.39 is 11.2 Å². The molecule has 0 saturated heterocycles. The molecule has 3 nitrogen and oxygen atoms in total. The molecule has 0 unspecified atom stereocenters. The average Bonchev–Trinajstić information content (AvgIpc) is 2.04. The second-order valence-corrected chi connectivity index (χ2v) is 4.79. The minimum absolute atomic E-state index is 0.123. The number of aliphatic hydroxyl groups excluding tert-OH is 1. The zero-order valence-corrected chi connectivity index (χ0v) is 8.45. The van der Waals surface area contributed by atoms with Crippen LogP contribution in [0.3, 0.4) is 0 Å². The van der Waals surface area contributed by atoms with Crippen LogP contribution < -0.4 is 0 Å². The fourth-order valence-electron chi connectivity index (χ4n) is 1.99. The van der Waals surface area contributed by atoms with Crippen molar-refractivity contribution in [3.05, 3.63) is 0 Å². The lowest BCUT2D eigenvalue weighted by molar-refractivity contribution is -0.0847. The Balaban J connectivity index is 2.50. The average molecular weight is 188 g/mol. The number of rotatable bonds is 2. The highest BCUT2D eigenvalue weighted by molar-refractivity contribution is 4.89. The van der Waals surface area contributed by atoms with E-state index in [2.05, 4.69) is 0 Å². The molecule has 0 spiro atoms. The highest BCUT2D eigenvalue weighted by atomic mass is 16.3. The Kier molecular flexibility index (Phi) is 3.00. The lowest BCUT2D eigenvalue weighted by Crippen LogP contribution is -2.43. The van der Waals surface area contributed by atoms with Gasteiger partial charge in [0.25, 0.3) is 0 Å². The first-order valence-corrected chi connectivity index (χ1v) is 4.93. The number of aliphatic hydroxyl groups is 3. The SMILES string of the molecule is CC1(O)CCC([C@@](C)(O)CO)CC1. The van der Waals surface area contributed by atoms with Gasteiger partial charge in [0.2, 0.25) is 0 Å². The minimum Gasteiger partial charge on any atom is -0.393 e. The predicted octanol–water partition coefficient (Wildman–Crippen LogP) is 0.671. The molecule has 1 rings (SSSR count). The molecule has 13 heavy (non-hydrogen) atoms. The molecule has 0 aliphatic heterocycles. The van der Waals surface area contributed by atoms with Gasteiger partial charge < -0.3 is 15.3 Å². The first kappa shape index (κ1) is 11.0. The molecule has 0 aromatic carbocycles. The van der Waals surface area contributed by atoms with Crippen molar-refractivity contribution in [1.29, 1.82) is 0 Å². The molecule has 0 heterocycles. The molecule has 0 aromatic heterocycles. The normalized spacial score (nSPS) is 39.9. The summed E-state index contributed by atoms with van der Waals surface area (Å²) in [7, 11) is 0. The van der Waals surface area contributed by atoms with Crippen LogP contribution in [0.5, 0.6) is 0 Å². The van der Waals surface area contributed by atoms with Gasteiger partial charge in [0.05, 0.1) is 17.8 Å². The van der Waals surface area contributed by atoms with E-state index in [9.17, 15) is 10.2 Å². The van der Waals surface area contributed by atoms with Crippen molar-refractivity contribution in [2.45, 2.75) is 50.7 Å². The van der Waals surface area contributed by atoms with Crippen LogP contribution in [0.4, 0.5) is 0 Å². The monoisotopic (exact) mass is 188 g/mol. The molecule has 1 aliphatic rings. The van der Waals surface area contributed by atoms with Gasteiger partial charge >= 0.3 is 0 Å². The third kappa shape index (κ3) is 2.66. The van der Waals surface area contributed by atoms with Crippen molar-refractivity contribution < 1.29 is 15.3 Å². The summed E-state index contributed by atoms with van der Waals surface area (Å²) in [5.74, 6) is 0.123. The van der Waals surface area contributed by atoms with Crippen LogP contribution in [0, 0.1) is 5.92 Å². The van der Waals surface area contributed by atoms with Crippen molar-refractivity contribution in [2.24, 2.45) is 5.92 Å². The summed E-state index contributed by atoms with van der Waals surface area (Å²) < 4.78 is 0. The van der Waals surface area contributed by atoms with Gasteiger partial charge in [-0.2, -0.15) is 0 Å². The van der Waals surface area contributed by atoms with Gasteiger partial charge in [0, 0.05) is 0 Å². The van der Waals surface area contributed by atoms with Gasteiger partial charge in [-0.05, 0) is 45.4 Å². The Labute approximate surface area is 79.4 Å². The molecule has 0 radical (unpaired) electrons. The summed E-state index contributed by atoms with van der Waals surface area (Å²) in [5, 5.41) is 28.4. The van der Waals surface area contributed by atoms with Crippen LogP contribution in [0.1, 0.15) is 39.5 Å². The molecular weight excluding hydrogens is 168 g/mol. The third-order valence-corrected chi connectivity index (χ3v) is 3.26. The van der Waals surface area contributed by atoms with Gasteiger partial charge in [0.15, 0.2) is 0 Å². The van der Waals surface area contributed by atoms with E-state index in [1.165, 1.54) is 0 Å². The molecule has 78 valence electrons. The van der Waals surface area contributed by atoms with Gasteiger partial charge in [-0.15, -0.1) is 0 Å². The van der Waals surface area contributed by atoms with E-state index >= 15 is 0 Å². The standard InChI is InChI=1S/C10H20O3/c1-9(12)5-3-8(4-6-9)10(2,13)7-11/h8,11-13H,3-7H2,1-2H3/t8?,9?,10-/m0/s1. The quantitative estimate of drug-likeness (QED) is 0.597. The van der Waals surface area contributed by atoms with E-state index in [1.807, 2.05) is 6.92 Å². The van der Waals surface area contributed by atoms with E-state index in [0.717, 1.165) is 12.8 Å². The molecule has 3 N–H and O–H groups in total. The molecule has 0 bridgehead atoms. The number of hydrogen-bond acceptors (Lipinski definition) is 3. The van der Waals surface area contributed by atoms with Gasteiger partial charge in [-0.1, -0.05) is 0 Å². The highest BCUT2D eigenvalue weighted by Gasteiger charge is 2.37. The fourth-order valence-corrected chi connectivity index (χ4v) is 1.99. The summed E-state index contributed by atoms with van der Waals surface area (Å²) in [4.78, 5) is 0. The highest BCUT2D eigenvalue weighted by Crippen LogP contribution is 2.37. The van der Waals surface area contributed by atoms with Crippen molar-refractivity contribution >= 4 is 0 Å². The summed E-state index contributed by atoms with van der Waals surface area (Å²) in [6.07, 6.45) is 3.02. The topological polar surface area (TPSA) is 60.7 Å². The van der Waals surface area contributed by atoms with Crippen molar-refractivity contribution in [3.63, 3.8) is 0 Å². The molecule has 1 fully saturated rings. The van der Waals surface area contributed by atoms with Gasteiger partial charge in [0.1, 0.15) is 0 Å². The Bertz CT molecular complexity index is 165. The predicted molar refractivity (Wildman–Crippen MR) is 50.3 cm³/mol. The first-order chi connectivity index (χ1) is 5.87. The van der Waals surface area contributed by atoms with Crippen LogP contribution in [0.2, 0.25) is 0 Å². The van der Waals surface area contributed by atoms with Crippen LogP contribution in [0.25, 0.3) is 0 Å². The van der Waals surface area contributed by atoms with Gasteiger partial charge in [-0.25, -0.2) is 0 Å². The zero-order chi connectivity index (χ0) is 10.1. The molecule has 0 amide bonds. The molecule has 0 aromatic rings. The molecule has 1 saturated carbocycles. The van der Waals surface area contributed by atoms with Crippen molar-refractivity contribution in [1.82, 2.24) is 0 Å². The second-order valence-electron chi connectivity index (χ2n) is 4.79. The fraction of sp³-hybridized carbons (Fsp3) is 1.00. The van der Waals surface area contributed by atoms with E-state index in [1.54, 1.807) is 6.92 Å². The van der Waals surface area contributed by atoms with E-state index in [-0.39, 0.29) is 12.5 Å². The Hall–Kier alpha value is -0.120. The Morgan fingerprint density at radius 2 is 1.85 bits per heavy atom. The van der Waals surface area contributed by atoms with E-state index in [0.29, 0.717) is 12.8 Å². The van der Waals surface area contributed by atoms with Crippen LogP contribution in [-0.4, -0.2) is 33.1 Å². The second kappa shape index (κ2) is 3.56. The third-order valence-electron chi connectivity index (χ3n) is 3.26. The largest absolute Gasteiger partial charge is 0.393 e. The van der Waals surface area contributed by atoms with E-state index in [4.69, 9.17) is 5.11 Å². The number of hydrogen-bond donors (Lipinski definition) is 3. The Morgan fingerprint density at radius 1 is 1.38 bits per heavy atom. The smallest absolute Gasteiger partial charge is 0.0877 e. The van der Waals surface area contributed by atoms with Gasteiger partial charge in [-0.3, -0.25) is 0 Å². The summed E-state index contributed by atoms with van der Waals surface area (Å²) in [6, 6.07) is 0. The van der Waals surface area contributed by atoms with Crippen molar-refractivity contribution in [3.8, 4) is 0 Å². The first-order valence-electron chi connectivity index (χ1n) is 4.93. The van der Waals surface area contributed by atoms with Crippen LogP contribution in [0.15, 0.2) is 0 Å². The summed E-state index contributed by atoms with van der Waals surface area (Å²) in [6.45, 7) is 3.30. The lowest BCUT2D eigenvalue weighted by Gasteiger charge is -2.39. The minimum atomic E-state index is -0.976. The molecular formula is C10H20O3. The molecule has 1 atom stereocenters. The maximum absolute atomic E-state index is 9.79. The lowest BCUT2D eigenvalue weighted by atomic mass is 9.73. The maximum atomic E-state index is 9.79. The zero-order valence-electron chi connectivity index (χ0n) is 8.45. The maximum Gasteiger partial charge on any atom is 0.0877 e. The van der Waals surface area contributed by atoms with Crippen LogP contribution in [-0.2, 0) is 0 Å². The summed E-state index contributed by atoms with van der Waals surface area (Å²) in [5.41, 5.74) is -1.54. The summed E-state index contributed by atoms with van der Waals surface area (Å²) >= 11 is 0. The Morgan fingerprint density at radius 3 is 2.23 bits per heavy atom.